The number of anilines is 1. The minimum absolute atomic E-state index is 0.0743. The molecular weight excluding hydrogens is 300 g/mol. The van der Waals surface area contributed by atoms with Gasteiger partial charge in [0.15, 0.2) is 9.84 Å². The van der Waals surface area contributed by atoms with Crippen LogP contribution in [0.25, 0.3) is 0 Å². The lowest BCUT2D eigenvalue weighted by Crippen LogP contribution is -2.47. The molecule has 0 bridgehead atoms. The molecule has 5 nitrogen and oxygen atoms in total. The predicted octanol–water partition coefficient (Wildman–Crippen LogP) is 1.13. The predicted molar refractivity (Wildman–Crippen MR) is 86.8 cm³/mol. The van der Waals surface area contributed by atoms with E-state index in [9.17, 15) is 13.2 Å². The Labute approximate surface area is 131 Å². The van der Waals surface area contributed by atoms with Crippen molar-refractivity contribution in [2.24, 2.45) is 0 Å². The van der Waals surface area contributed by atoms with Gasteiger partial charge in [-0.2, -0.15) is 0 Å². The van der Waals surface area contributed by atoms with Crippen LogP contribution in [0.3, 0.4) is 0 Å². The molecule has 0 saturated carbocycles. The van der Waals surface area contributed by atoms with Gasteiger partial charge in [-0.05, 0) is 37.8 Å². The lowest BCUT2D eigenvalue weighted by atomic mass is 9.96. The van der Waals surface area contributed by atoms with E-state index in [1.165, 1.54) is 5.56 Å². The molecule has 0 aromatic heterocycles. The summed E-state index contributed by atoms with van der Waals surface area (Å²) in [6.07, 6.45) is 2.60. The first kappa shape index (κ1) is 15.3. The van der Waals surface area contributed by atoms with Crippen molar-refractivity contribution in [2.45, 2.75) is 38.3 Å². The second kappa shape index (κ2) is 5.91. The zero-order valence-electron chi connectivity index (χ0n) is 12.8. The number of fused-ring (bicyclic) bond motifs is 1. The van der Waals surface area contributed by atoms with Gasteiger partial charge < -0.3 is 10.2 Å². The third-order valence-electron chi connectivity index (χ3n) is 4.58. The van der Waals surface area contributed by atoms with E-state index in [0.717, 1.165) is 18.5 Å². The number of nitrogens with one attached hydrogen (secondary N) is 1. The van der Waals surface area contributed by atoms with Crippen molar-refractivity contribution >= 4 is 21.4 Å². The molecule has 1 N–H and O–H groups in total. The number of para-hydroxylation sites is 1. The van der Waals surface area contributed by atoms with Crippen LogP contribution in [0.2, 0.25) is 0 Å². The number of sulfone groups is 1. The van der Waals surface area contributed by atoms with Gasteiger partial charge >= 0.3 is 0 Å². The van der Waals surface area contributed by atoms with Crippen molar-refractivity contribution in [2.75, 3.05) is 23.0 Å². The van der Waals surface area contributed by atoms with Gasteiger partial charge in [-0.1, -0.05) is 18.2 Å². The molecule has 1 fully saturated rings. The Morgan fingerprint density at radius 3 is 2.82 bits per heavy atom. The third kappa shape index (κ3) is 3.27. The molecule has 0 aliphatic carbocycles. The SMILES string of the molecule is CC1CCc2ccccc2N1CC(=O)NC1CCS(=O)(=O)C1. The van der Waals surface area contributed by atoms with E-state index in [-0.39, 0.29) is 30.0 Å². The summed E-state index contributed by atoms with van der Waals surface area (Å²) in [5.74, 6) is 0.164. The molecule has 1 aromatic rings. The fraction of sp³-hybridized carbons (Fsp3) is 0.562. The normalized spacial score (nSPS) is 26.5. The lowest BCUT2D eigenvalue weighted by molar-refractivity contribution is -0.120. The molecule has 2 unspecified atom stereocenters. The number of hydrogen-bond donors (Lipinski definition) is 1. The molecule has 22 heavy (non-hydrogen) atoms. The summed E-state index contributed by atoms with van der Waals surface area (Å²) in [6.45, 7) is 2.41. The molecule has 1 saturated heterocycles. The monoisotopic (exact) mass is 322 g/mol. The Morgan fingerprint density at radius 2 is 2.09 bits per heavy atom. The van der Waals surface area contributed by atoms with E-state index in [1.54, 1.807) is 0 Å². The first-order valence-corrected chi connectivity index (χ1v) is 9.61. The number of benzene rings is 1. The Bertz CT molecular complexity index is 672. The molecule has 2 atom stereocenters. The highest BCUT2D eigenvalue weighted by Gasteiger charge is 2.30. The molecule has 1 amide bonds. The van der Waals surface area contributed by atoms with Crippen molar-refractivity contribution in [3.63, 3.8) is 0 Å². The summed E-state index contributed by atoms with van der Waals surface area (Å²) < 4.78 is 22.9. The van der Waals surface area contributed by atoms with Crippen LogP contribution in [0, 0.1) is 0 Å². The van der Waals surface area contributed by atoms with E-state index in [4.69, 9.17) is 0 Å². The number of aryl methyl sites for hydroxylation is 1. The van der Waals surface area contributed by atoms with E-state index in [2.05, 4.69) is 29.3 Å². The van der Waals surface area contributed by atoms with E-state index < -0.39 is 9.84 Å². The van der Waals surface area contributed by atoms with Crippen LogP contribution in [-0.4, -0.2) is 44.5 Å². The number of nitrogens with zero attached hydrogens (tertiary/aromatic N) is 1. The maximum atomic E-state index is 12.3. The number of carbonyl (C=O) groups excluding carboxylic acids is 1. The van der Waals surface area contributed by atoms with Gasteiger partial charge in [0.1, 0.15) is 0 Å². The molecule has 6 heteroatoms. The van der Waals surface area contributed by atoms with Crippen LogP contribution in [-0.2, 0) is 21.1 Å². The largest absolute Gasteiger partial charge is 0.359 e. The van der Waals surface area contributed by atoms with Gasteiger partial charge in [-0.25, -0.2) is 8.42 Å². The Hall–Kier alpha value is -1.56. The third-order valence-corrected chi connectivity index (χ3v) is 6.34. The standard InChI is InChI=1S/C16H22N2O3S/c1-12-6-7-13-4-2-3-5-15(13)18(12)10-16(19)17-14-8-9-22(20,21)11-14/h2-5,12,14H,6-11H2,1H3,(H,17,19). The van der Waals surface area contributed by atoms with Gasteiger partial charge in [0.2, 0.25) is 5.91 Å². The van der Waals surface area contributed by atoms with Crippen LogP contribution in [0.4, 0.5) is 5.69 Å². The van der Waals surface area contributed by atoms with Crippen molar-refractivity contribution in [3.8, 4) is 0 Å². The number of carbonyl (C=O) groups is 1. The van der Waals surface area contributed by atoms with Gasteiger partial charge in [0.25, 0.3) is 0 Å². The molecular formula is C16H22N2O3S. The molecule has 2 aliphatic rings. The lowest BCUT2D eigenvalue weighted by Gasteiger charge is -2.36. The van der Waals surface area contributed by atoms with E-state index in [1.807, 2.05) is 12.1 Å². The van der Waals surface area contributed by atoms with Gasteiger partial charge in [0, 0.05) is 17.8 Å². The van der Waals surface area contributed by atoms with Crippen LogP contribution in [0.15, 0.2) is 24.3 Å². The summed E-state index contributed by atoms with van der Waals surface area (Å²) in [5, 5.41) is 2.87. The highest BCUT2D eigenvalue weighted by molar-refractivity contribution is 7.91. The van der Waals surface area contributed by atoms with Crippen molar-refractivity contribution in [1.82, 2.24) is 5.32 Å². The maximum absolute atomic E-state index is 12.3. The molecule has 120 valence electrons. The van der Waals surface area contributed by atoms with Crippen LogP contribution >= 0.6 is 0 Å². The van der Waals surface area contributed by atoms with Gasteiger partial charge in [0.05, 0.1) is 18.1 Å². The number of amides is 1. The molecule has 2 aliphatic heterocycles. The van der Waals surface area contributed by atoms with Crippen molar-refractivity contribution in [3.05, 3.63) is 29.8 Å². The molecule has 2 heterocycles. The van der Waals surface area contributed by atoms with Gasteiger partial charge in [-0.15, -0.1) is 0 Å². The highest BCUT2D eigenvalue weighted by Crippen LogP contribution is 2.30. The average Bonchev–Trinajstić information content (AvgIpc) is 2.81. The smallest absolute Gasteiger partial charge is 0.239 e. The quantitative estimate of drug-likeness (QED) is 0.906. The Kier molecular flexibility index (Phi) is 4.12. The summed E-state index contributed by atoms with van der Waals surface area (Å²) in [6, 6.07) is 8.26. The Morgan fingerprint density at radius 1 is 1.32 bits per heavy atom. The zero-order valence-corrected chi connectivity index (χ0v) is 13.6. The second-order valence-electron chi connectivity index (χ2n) is 6.31. The maximum Gasteiger partial charge on any atom is 0.239 e. The van der Waals surface area contributed by atoms with Crippen LogP contribution in [0.5, 0.6) is 0 Å². The number of rotatable bonds is 3. The topological polar surface area (TPSA) is 66.5 Å². The number of hydrogen-bond acceptors (Lipinski definition) is 4. The van der Waals surface area contributed by atoms with Crippen molar-refractivity contribution in [1.29, 1.82) is 0 Å². The van der Waals surface area contributed by atoms with E-state index >= 15 is 0 Å². The fourth-order valence-corrected chi connectivity index (χ4v) is 5.01. The van der Waals surface area contributed by atoms with Gasteiger partial charge in [-0.3, -0.25) is 4.79 Å². The molecule has 0 radical (unpaired) electrons. The van der Waals surface area contributed by atoms with E-state index in [0.29, 0.717) is 12.5 Å². The summed E-state index contributed by atoms with van der Waals surface area (Å²) >= 11 is 0. The van der Waals surface area contributed by atoms with Crippen LogP contribution in [0.1, 0.15) is 25.3 Å². The second-order valence-corrected chi connectivity index (χ2v) is 8.54. The first-order valence-electron chi connectivity index (χ1n) is 7.79. The Balaban J connectivity index is 1.66. The molecule has 3 rings (SSSR count). The first-order chi connectivity index (χ1) is 10.4. The fourth-order valence-electron chi connectivity index (χ4n) is 3.34. The highest BCUT2D eigenvalue weighted by atomic mass is 32.2. The minimum Gasteiger partial charge on any atom is -0.359 e. The zero-order chi connectivity index (χ0) is 15.7. The summed E-state index contributed by atoms with van der Waals surface area (Å²) in [4.78, 5) is 14.4. The summed E-state index contributed by atoms with van der Waals surface area (Å²) in [7, 11) is -2.96. The molecule has 1 aromatic carbocycles. The van der Waals surface area contributed by atoms with Crippen LogP contribution < -0.4 is 10.2 Å². The molecule has 0 spiro atoms. The van der Waals surface area contributed by atoms with Crippen molar-refractivity contribution < 1.29 is 13.2 Å². The average molecular weight is 322 g/mol. The minimum atomic E-state index is -2.96. The summed E-state index contributed by atoms with van der Waals surface area (Å²) in [5.41, 5.74) is 2.40.